The molecule has 1 aliphatic rings. The number of hydrogen-bond acceptors (Lipinski definition) is 6. The fourth-order valence-electron chi connectivity index (χ4n) is 1.67. The van der Waals surface area contributed by atoms with E-state index in [2.05, 4.69) is 19.6 Å². The zero-order valence-electron chi connectivity index (χ0n) is 9.76. The predicted octanol–water partition coefficient (Wildman–Crippen LogP) is 0.0954. The normalized spacial score (nSPS) is 16.8. The summed E-state index contributed by atoms with van der Waals surface area (Å²) in [5, 5.41) is 0. The number of carbonyl (C=O) groups is 1. The number of methoxy groups -OCH3 is 1. The second-order valence-corrected chi connectivity index (χ2v) is 3.78. The van der Waals surface area contributed by atoms with Crippen molar-refractivity contribution >= 4 is 5.97 Å². The Labute approximate surface area is 99.6 Å². The molecular formula is C11H15N3O3. The summed E-state index contributed by atoms with van der Waals surface area (Å²) in [6.45, 7) is 3.92. The molecule has 0 N–H and O–H groups in total. The molecule has 1 aliphatic heterocycles. The first kappa shape index (κ1) is 11.9. The van der Waals surface area contributed by atoms with E-state index in [4.69, 9.17) is 4.74 Å². The van der Waals surface area contributed by atoms with E-state index in [1.807, 2.05) is 0 Å². The van der Waals surface area contributed by atoms with Gasteiger partial charge in [-0.3, -0.25) is 9.88 Å². The second-order valence-electron chi connectivity index (χ2n) is 3.78. The molecule has 6 heteroatoms. The molecule has 1 fully saturated rings. The van der Waals surface area contributed by atoms with E-state index in [1.165, 1.54) is 13.3 Å². The molecule has 92 valence electrons. The van der Waals surface area contributed by atoms with Gasteiger partial charge in [0.1, 0.15) is 0 Å². The fourth-order valence-corrected chi connectivity index (χ4v) is 1.67. The summed E-state index contributed by atoms with van der Waals surface area (Å²) in [4.78, 5) is 21.7. The van der Waals surface area contributed by atoms with Gasteiger partial charge in [0.25, 0.3) is 0 Å². The molecule has 0 bridgehead atoms. The van der Waals surface area contributed by atoms with E-state index in [0.29, 0.717) is 6.54 Å². The molecule has 2 rings (SSSR count). The second kappa shape index (κ2) is 5.70. The Bertz CT molecular complexity index is 391. The molecule has 0 unspecified atom stereocenters. The van der Waals surface area contributed by atoms with Crippen molar-refractivity contribution in [2.45, 2.75) is 6.54 Å². The predicted molar refractivity (Wildman–Crippen MR) is 59.5 cm³/mol. The lowest BCUT2D eigenvalue weighted by atomic mass is 10.3. The van der Waals surface area contributed by atoms with Gasteiger partial charge >= 0.3 is 5.97 Å². The molecule has 1 aromatic heterocycles. The first-order chi connectivity index (χ1) is 8.29. The standard InChI is InChI=1S/C11H15N3O3/c1-16-11(15)10-7-12-6-9(13-10)8-14-2-4-17-5-3-14/h6-7H,2-5,8H2,1H3. The van der Waals surface area contributed by atoms with Gasteiger partial charge < -0.3 is 9.47 Å². The molecule has 0 saturated carbocycles. The maximum absolute atomic E-state index is 11.3. The summed E-state index contributed by atoms with van der Waals surface area (Å²) >= 11 is 0. The van der Waals surface area contributed by atoms with Crippen LogP contribution in [-0.4, -0.2) is 54.3 Å². The minimum atomic E-state index is -0.457. The molecule has 0 amide bonds. The Morgan fingerprint density at radius 3 is 2.94 bits per heavy atom. The number of aromatic nitrogens is 2. The van der Waals surface area contributed by atoms with Crippen LogP contribution in [0.5, 0.6) is 0 Å². The van der Waals surface area contributed by atoms with Crippen LogP contribution < -0.4 is 0 Å². The van der Waals surface area contributed by atoms with Crippen molar-refractivity contribution in [2.24, 2.45) is 0 Å². The number of rotatable bonds is 3. The van der Waals surface area contributed by atoms with Crippen LogP contribution in [0.2, 0.25) is 0 Å². The van der Waals surface area contributed by atoms with Crippen molar-refractivity contribution in [2.75, 3.05) is 33.4 Å². The summed E-state index contributed by atoms with van der Waals surface area (Å²) in [6.07, 6.45) is 3.08. The average molecular weight is 237 g/mol. The van der Waals surface area contributed by atoms with Crippen LogP contribution in [0.3, 0.4) is 0 Å². The van der Waals surface area contributed by atoms with Crippen LogP contribution in [-0.2, 0) is 16.0 Å². The highest BCUT2D eigenvalue weighted by atomic mass is 16.5. The van der Waals surface area contributed by atoms with E-state index in [-0.39, 0.29) is 5.69 Å². The zero-order chi connectivity index (χ0) is 12.1. The number of nitrogens with zero attached hydrogens (tertiary/aromatic N) is 3. The third kappa shape index (κ3) is 3.21. The van der Waals surface area contributed by atoms with E-state index in [9.17, 15) is 4.79 Å². The Kier molecular flexibility index (Phi) is 4.00. The van der Waals surface area contributed by atoms with Gasteiger partial charge in [0.05, 0.1) is 32.2 Å². The zero-order valence-corrected chi connectivity index (χ0v) is 9.76. The first-order valence-corrected chi connectivity index (χ1v) is 5.49. The van der Waals surface area contributed by atoms with E-state index >= 15 is 0 Å². The highest BCUT2D eigenvalue weighted by Crippen LogP contribution is 2.05. The van der Waals surface area contributed by atoms with Crippen LogP contribution >= 0.6 is 0 Å². The van der Waals surface area contributed by atoms with Crippen molar-refractivity contribution in [1.29, 1.82) is 0 Å². The van der Waals surface area contributed by atoms with Gasteiger partial charge in [-0.1, -0.05) is 0 Å². The lowest BCUT2D eigenvalue weighted by Crippen LogP contribution is -2.36. The molecule has 0 spiro atoms. The molecule has 0 aliphatic carbocycles. The molecule has 17 heavy (non-hydrogen) atoms. The van der Waals surface area contributed by atoms with Crippen LogP contribution in [0.1, 0.15) is 16.2 Å². The SMILES string of the molecule is COC(=O)c1cncc(CN2CCOCC2)n1. The highest BCUT2D eigenvalue weighted by Gasteiger charge is 2.13. The summed E-state index contributed by atoms with van der Waals surface area (Å²) in [5.41, 5.74) is 1.02. The third-order valence-corrected chi connectivity index (χ3v) is 2.57. The van der Waals surface area contributed by atoms with Gasteiger partial charge in [-0.15, -0.1) is 0 Å². The molecule has 1 saturated heterocycles. The van der Waals surface area contributed by atoms with Gasteiger partial charge in [-0.25, -0.2) is 9.78 Å². The summed E-state index contributed by atoms with van der Waals surface area (Å²) < 4.78 is 9.87. The van der Waals surface area contributed by atoms with Crippen LogP contribution in [0, 0.1) is 0 Å². The van der Waals surface area contributed by atoms with E-state index in [0.717, 1.165) is 32.0 Å². The van der Waals surface area contributed by atoms with Crippen LogP contribution in [0.4, 0.5) is 0 Å². The van der Waals surface area contributed by atoms with Crippen molar-refractivity contribution < 1.29 is 14.3 Å². The van der Waals surface area contributed by atoms with Crippen molar-refractivity contribution in [1.82, 2.24) is 14.9 Å². The van der Waals surface area contributed by atoms with Crippen molar-refractivity contribution in [3.63, 3.8) is 0 Å². The number of morpholine rings is 1. The summed E-state index contributed by atoms with van der Waals surface area (Å²) in [6, 6.07) is 0. The maximum atomic E-state index is 11.3. The molecular weight excluding hydrogens is 222 g/mol. The smallest absolute Gasteiger partial charge is 0.358 e. The minimum Gasteiger partial charge on any atom is -0.464 e. The Hall–Kier alpha value is -1.53. The molecule has 0 aromatic carbocycles. The Morgan fingerprint density at radius 2 is 2.24 bits per heavy atom. The maximum Gasteiger partial charge on any atom is 0.358 e. The average Bonchev–Trinajstić information content (AvgIpc) is 2.39. The lowest BCUT2D eigenvalue weighted by Gasteiger charge is -2.25. The molecule has 2 heterocycles. The number of hydrogen-bond donors (Lipinski definition) is 0. The van der Waals surface area contributed by atoms with Crippen LogP contribution in [0.25, 0.3) is 0 Å². The largest absolute Gasteiger partial charge is 0.464 e. The molecule has 0 radical (unpaired) electrons. The molecule has 0 atom stereocenters. The van der Waals surface area contributed by atoms with Crippen molar-refractivity contribution in [3.05, 3.63) is 23.8 Å². The monoisotopic (exact) mass is 237 g/mol. The third-order valence-electron chi connectivity index (χ3n) is 2.57. The minimum absolute atomic E-state index is 0.248. The molecule has 1 aromatic rings. The van der Waals surface area contributed by atoms with Gasteiger partial charge in [-0.05, 0) is 0 Å². The van der Waals surface area contributed by atoms with Crippen LogP contribution in [0.15, 0.2) is 12.4 Å². The Balaban J connectivity index is 2.02. The first-order valence-electron chi connectivity index (χ1n) is 5.49. The van der Waals surface area contributed by atoms with Gasteiger partial charge in [0.15, 0.2) is 5.69 Å². The summed E-state index contributed by atoms with van der Waals surface area (Å²) in [7, 11) is 1.33. The lowest BCUT2D eigenvalue weighted by molar-refractivity contribution is 0.0335. The number of carbonyl (C=O) groups excluding carboxylic acids is 1. The van der Waals surface area contributed by atoms with Crippen molar-refractivity contribution in [3.8, 4) is 0 Å². The number of ether oxygens (including phenoxy) is 2. The highest BCUT2D eigenvalue weighted by molar-refractivity contribution is 5.86. The topological polar surface area (TPSA) is 64.5 Å². The molecule has 6 nitrogen and oxygen atoms in total. The van der Waals surface area contributed by atoms with E-state index in [1.54, 1.807) is 6.20 Å². The van der Waals surface area contributed by atoms with Gasteiger partial charge in [-0.2, -0.15) is 0 Å². The summed E-state index contributed by atoms with van der Waals surface area (Å²) in [5.74, 6) is -0.457. The van der Waals surface area contributed by atoms with Gasteiger partial charge in [0, 0.05) is 25.8 Å². The Morgan fingerprint density at radius 1 is 1.47 bits per heavy atom. The quantitative estimate of drug-likeness (QED) is 0.694. The fraction of sp³-hybridized carbons (Fsp3) is 0.545. The van der Waals surface area contributed by atoms with Gasteiger partial charge in [0.2, 0.25) is 0 Å². The number of esters is 1. The van der Waals surface area contributed by atoms with E-state index < -0.39 is 5.97 Å².